The number of ketones is 1. The third-order valence-corrected chi connectivity index (χ3v) is 7.53. The largest absolute Gasteiger partial charge is 0.345 e. The number of rotatable bonds is 8. The van der Waals surface area contributed by atoms with Crippen molar-refractivity contribution in [1.82, 2.24) is 9.62 Å². The predicted octanol–water partition coefficient (Wildman–Crippen LogP) is 4.19. The average Bonchev–Trinajstić information content (AvgIpc) is 2.79. The normalized spacial score (nSPS) is 14.8. The van der Waals surface area contributed by atoms with E-state index >= 15 is 0 Å². The molecule has 1 N–H and O–H groups in total. The molecule has 1 fully saturated rings. The lowest BCUT2D eigenvalue weighted by atomic mass is 9.91. The Balaban J connectivity index is 1.79. The minimum atomic E-state index is -3.63. The fourth-order valence-corrected chi connectivity index (χ4v) is 5.65. The van der Waals surface area contributed by atoms with Gasteiger partial charge in [-0.1, -0.05) is 31.4 Å². The highest BCUT2D eigenvalue weighted by atomic mass is 32.2. The number of halogens is 1. The highest BCUT2D eigenvalue weighted by molar-refractivity contribution is 7.89. The first-order valence-corrected chi connectivity index (χ1v) is 12.9. The Morgan fingerprint density at radius 3 is 2.42 bits per heavy atom. The lowest BCUT2D eigenvalue weighted by Gasteiger charge is -2.21. The molecule has 0 spiro atoms. The topological polar surface area (TPSA) is 83.6 Å². The molecule has 0 saturated heterocycles. The molecule has 0 atom stereocenters. The van der Waals surface area contributed by atoms with E-state index in [1.165, 1.54) is 11.0 Å². The zero-order valence-corrected chi connectivity index (χ0v) is 20.2. The van der Waals surface area contributed by atoms with Gasteiger partial charge in [-0.05, 0) is 66.6 Å². The van der Waals surface area contributed by atoms with Crippen molar-refractivity contribution >= 4 is 21.7 Å². The highest BCUT2D eigenvalue weighted by Crippen LogP contribution is 2.27. The van der Waals surface area contributed by atoms with Crippen LogP contribution in [0, 0.1) is 18.7 Å². The van der Waals surface area contributed by atoms with Gasteiger partial charge >= 0.3 is 0 Å². The molecule has 8 heteroatoms. The molecule has 1 aliphatic rings. The van der Waals surface area contributed by atoms with E-state index in [0.29, 0.717) is 16.7 Å². The van der Waals surface area contributed by atoms with Crippen LogP contribution in [0.2, 0.25) is 0 Å². The summed E-state index contributed by atoms with van der Waals surface area (Å²) in [5.41, 5.74) is 1.82. The van der Waals surface area contributed by atoms with Crippen LogP contribution in [-0.4, -0.2) is 51.4 Å². The van der Waals surface area contributed by atoms with Gasteiger partial charge in [0.25, 0.3) is 5.91 Å². The number of Topliss-reactive ketones (excluding diaryl/α,β-unsaturated/α-hetero) is 1. The molecule has 0 heterocycles. The van der Waals surface area contributed by atoms with E-state index in [4.69, 9.17) is 0 Å². The van der Waals surface area contributed by atoms with Gasteiger partial charge in [-0.25, -0.2) is 17.5 Å². The van der Waals surface area contributed by atoms with Gasteiger partial charge in [-0.15, -0.1) is 0 Å². The Morgan fingerprint density at radius 2 is 1.76 bits per heavy atom. The van der Waals surface area contributed by atoms with Gasteiger partial charge in [0.05, 0.1) is 17.9 Å². The molecule has 1 aliphatic carbocycles. The van der Waals surface area contributed by atoms with Crippen molar-refractivity contribution in [3.05, 3.63) is 58.9 Å². The van der Waals surface area contributed by atoms with E-state index in [0.717, 1.165) is 32.1 Å². The van der Waals surface area contributed by atoms with Gasteiger partial charge in [0.15, 0.2) is 5.78 Å². The summed E-state index contributed by atoms with van der Waals surface area (Å²) in [4.78, 5) is 26.5. The Labute approximate surface area is 195 Å². The molecule has 0 aliphatic heterocycles. The number of amides is 1. The second kappa shape index (κ2) is 10.6. The molecule has 178 valence electrons. The van der Waals surface area contributed by atoms with Crippen molar-refractivity contribution in [1.29, 1.82) is 0 Å². The number of carbonyl (C=O) groups is 2. The minimum absolute atomic E-state index is 0.00543. The SMILES string of the molecule is Cc1cc(-c2cccc(C(=O)N(C)C)c2)cc(C(=O)CNS(=O)(=O)CC2CCCCC2)c1F. The molecule has 0 bridgehead atoms. The standard InChI is InChI=1S/C25H31FN2O4S/c1-17-12-21(19-10-7-11-20(13-19)25(30)28(2)3)14-22(24(17)26)23(29)15-27-33(31,32)16-18-8-5-4-6-9-18/h7,10-14,18,27H,4-6,8-9,15-16H2,1-3H3. The van der Waals surface area contributed by atoms with Gasteiger partial charge in [-0.2, -0.15) is 0 Å². The van der Waals surface area contributed by atoms with E-state index in [2.05, 4.69) is 4.72 Å². The predicted molar refractivity (Wildman–Crippen MR) is 127 cm³/mol. The van der Waals surface area contributed by atoms with Crippen molar-refractivity contribution in [2.75, 3.05) is 26.4 Å². The number of carbonyl (C=O) groups excluding carboxylic acids is 2. The van der Waals surface area contributed by atoms with E-state index in [9.17, 15) is 22.4 Å². The first-order valence-electron chi connectivity index (χ1n) is 11.2. The minimum Gasteiger partial charge on any atom is -0.345 e. The van der Waals surface area contributed by atoms with Gasteiger partial charge in [-0.3, -0.25) is 9.59 Å². The van der Waals surface area contributed by atoms with Crippen LogP contribution in [0.25, 0.3) is 11.1 Å². The zero-order valence-electron chi connectivity index (χ0n) is 19.4. The summed E-state index contributed by atoms with van der Waals surface area (Å²) in [6.45, 7) is 1.06. The van der Waals surface area contributed by atoms with E-state index in [1.807, 2.05) is 0 Å². The van der Waals surface area contributed by atoms with Crippen molar-refractivity contribution < 1.29 is 22.4 Å². The molecule has 6 nitrogen and oxygen atoms in total. The Bertz CT molecular complexity index is 1140. The van der Waals surface area contributed by atoms with Gasteiger partial charge in [0, 0.05) is 19.7 Å². The van der Waals surface area contributed by atoms with E-state index in [-0.39, 0.29) is 28.7 Å². The van der Waals surface area contributed by atoms with Crippen LogP contribution in [0.4, 0.5) is 4.39 Å². The molecule has 0 aromatic heterocycles. The number of sulfonamides is 1. The van der Waals surface area contributed by atoms with Crippen LogP contribution in [0.3, 0.4) is 0 Å². The quantitative estimate of drug-likeness (QED) is 0.582. The van der Waals surface area contributed by atoms with Crippen molar-refractivity contribution in [2.45, 2.75) is 39.0 Å². The van der Waals surface area contributed by atoms with Crippen LogP contribution < -0.4 is 4.72 Å². The fraction of sp³-hybridized carbons (Fsp3) is 0.440. The van der Waals surface area contributed by atoms with Gasteiger partial charge in [0.2, 0.25) is 10.0 Å². The molecule has 33 heavy (non-hydrogen) atoms. The summed E-state index contributed by atoms with van der Waals surface area (Å²) in [6, 6.07) is 9.91. The summed E-state index contributed by atoms with van der Waals surface area (Å²) in [5, 5.41) is 0. The second-order valence-corrected chi connectivity index (χ2v) is 10.8. The Kier molecular flexibility index (Phi) is 8.02. The molecular formula is C25H31FN2O4S. The van der Waals surface area contributed by atoms with Crippen LogP contribution in [0.15, 0.2) is 36.4 Å². The third kappa shape index (κ3) is 6.48. The number of nitrogens with zero attached hydrogens (tertiary/aromatic N) is 1. The van der Waals surface area contributed by atoms with Crippen molar-refractivity contribution in [2.24, 2.45) is 5.92 Å². The maximum absolute atomic E-state index is 14.8. The zero-order chi connectivity index (χ0) is 24.2. The highest BCUT2D eigenvalue weighted by Gasteiger charge is 2.23. The third-order valence-electron chi connectivity index (χ3n) is 6.04. The van der Waals surface area contributed by atoms with Crippen LogP contribution >= 0.6 is 0 Å². The average molecular weight is 475 g/mol. The Hall–Kier alpha value is -2.58. The fourth-order valence-electron chi connectivity index (χ4n) is 4.22. The first-order chi connectivity index (χ1) is 15.6. The molecule has 0 unspecified atom stereocenters. The number of nitrogens with one attached hydrogen (secondary N) is 1. The molecule has 1 saturated carbocycles. The number of aryl methyl sites for hydroxylation is 1. The molecule has 1 amide bonds. The van der Waals surface area contributed by atoms with Crippen LogP contribution in [-0.2, 0) is 10.0 Å². The maximum Gasteiger partial charge on any atom is 0.253 e. The molecule has 0 radical (unpaired) electrons. The van der Waals surface area contributed by atoms with Crippen molar-refractivity contribution in [3.8, 4) is 11.1 Å². The smallest absolute Gasteiger partial charge is 0.253 e. The van der Waals surface area contributed by atoms with Gasteiger partial charge in [0.1, 0.15) is 5.82 Å². The summed E-state index contributed by atoms with van der Waals surface area (Å²) in [6.07, 6.45) is 4.93. The van der Waals surface area contributed by atoms with E-state index in [1.54, 1.807) is 51.4 Å². The number of benzene rings is 2. The summed E-state index contributed by atoms with van der Waals surface area (Å²) in [5.74, 6) is -1.37. The lowest BCUT2D eigenvalue weighted by Crippen LogP contribution is -2.34. The molecule has 2 aromatic rings. The maximum atomic E-state index is 14.8. The molecule has 3 rings (SSSR count). The van der Waals surface area contributed by atoms with Crippen molar-refractivity contribution in [3.63, 3.8) is 0 Å². The van der Waals surface area contributed by atoms with Crippen LogP contribution in [0.5, 0.6) is 0 Å². The van der Waals surface area contributed by atoms with E-state index < -0.39 is 28.2 Å². The number of hydrogen-bond donors (Lipinski definition) is 1. The summed E-state index contributed by atoms with van der Waals surface area (Å²) >= 11 is 0. The van der Waals surface area contributed by atoms with Crippen LogP contribution in [0.1, 0.15) is 58.4 Å². The molecular weight excluding hydrogens is 443 g/mol. The summed E-state index contributed by atoms with van der Waals surface area (Å²) in [7, 11) is -0.316. The first kappa shape index (κ1) is 25.1. The summed E-state index contributed by atoms with van der Waals surface area (Å²) < 4.78 is 42.0. The second-order valence-electron chi connectivity index (χ2n) is 8.96. The Morgan fingerprint density at radius 1 is 1.06 bits per heavy atom. The molecule has 2 aromatic carbocycles. The number of hydrogen-bond acceptors (Lipinski definition) is 4. The monoisotopic (exact) mass is 474 g/mol. The lowest BCUT2D eigenvalue weighted by molar-refractivity contribution is 0.0827. The van der Waals surface area contributed by atoms with Gasteiger partial charge < -0.3 is 4.90 Å².